The van der Waals surface area contributed by atoms with E-state index >= 15 is 0 Å². The summed E-state index contributed by atoms with van der Waals surface area (Å²) in [6.07, 6.45) is 2.28. The van der Waals surface area contributed by atoms with Crippen molar-refractivity contribution < 1.29 is 24.4 Å². The molecule has 10 heteroatoms. The van der Waals surface area contributed by atoms with E-state index in [1.54, 1.807) is 23.7 Å². The molecule has 40 heavy (non-hydrogen) atoms. The number of hydroxylamine groups is 1. The van der Waals surface area contributed by atoms with Crippen molar-refractivity contribution in [2.24, 2.45) is 10.9 Å². The molecule has 1 fully saturated rings. The summed E-state index contributed by atoms with van der Waals surface area (Å²) >= 11 is 0. The van der Waals surface area contributed by atoms with Gasteiger partial charge in [-0.1, -0.05) is 67.4 Å². The van der Waals surface area contributed by atoms with Crippen LogP contribution in [0.15, 0.2) is 83.9 Å². The van der Waals surface area contributed by atoms with E-state index in [4.69, 9.17) is 10.2 Å². The van der Waals surface area contributed by atoms with Gasteiger partial charge in [-0.3, -0.25) is 19.6 Å². The molecule has 0 saturated heterocycles. The maximum atomic E-state index is 13.9. The molecule has 0 aromatic heterocycles. The summed E-state index contributed by atoms with van der Waals surface area (Å²) in [5.41, 5.74) is 4.42. The van der Waals surface area contributed by atoms with Crippen LogP contribution in [0.5, 0.6) is 0 Å². The number of ketones is 1. The highest BCUT2D eigenvalue weighted by Crippen LogP contribution is 2.31. The van der Waals surface area contributed by atoms with Crippen molar-refractivity contribution >= 4 is 40.7 Å². The number of Topliss-reactive ketones (excluding diaryl/α,β-unsaturated/α-hetero) is 1. The smallest absolute Gasteiger partial charge is 0.308 e. The number of rotatable bonds is 7. The molecule has 0 radical (unpaired) electrons. The topological polar surface area (TPSA) is 140 Å². The van der Waals surface area contributed by atoms with E-state index in [-0.39, 0.29) is 29.5 Å². The zero-order valence-corrected chi connectivity index (χ0v) is 21.7. The van der Waals surface area contributed by atoms with E-state index < -0.39 is 24.0 Å². The van der Waals surface area contributed by atoms with Gasteiger partial charge in [0.25, 0.3) is 11.8 Å². The van der Waals surface area contributed by atoms with Crippen molar-refractivity contribution in [3.63, 3.8) is 0 Å². The number of urea groups is 1. The summed E-state index contributed by atoms with van der Waals surface area (Å²) in [6.45, 7) is -0.115. The molecular weight excluding hydrogens is 510 g/mol. The zero-order chi connectivity index (χ0) is 28.1. The van der Waals surface area contributed by atoms with E-state index in [0.717, 1.165) is 31.2 Å². The average Bonchev–Trinajstić information content (AvgIpc) is 3.50. The first-order valence-corrected chi connectivity index (χ1v) is 13.1. The molecule has 1 aliphatic carbocycles. The Morgan fingerprint density at radius 3 is 2.40 bits per heavy atom. The fourth-order valence-electron chi connectivity index (χ4n) is 5.14. The third-order valence-corrected chi connectivity index (χ3v) is 7.13. The number of anilines is 2. The highest BCUT2D eigenvalue weighted by atomic mass is 16.5. The maximum absolute atomic E-state index is 13.9. The molecule has 4 N–H and O–H groups in total. The van der Waals surface area contributed by atoms with Crippen LogP contribution in [0.4, 0.5) is 16.2 Å². The standard InChI is InChI=1S/C30H29N5O5/c36-25(19-9-4-5-10-19)18-35-24-16-7-6-15-23(24)26(20-11-2-1-3-12-20)32-27(29(35)38)33-30(39)31-22-14-8-13-21(17-22)28(37)34-40/h1-3,6-8,11-17,19,27,40H,4-5,9-10,18H2,(H,34,37)(H2,31,33,39). The molecule has 3 aromatic carbocycles. The van der Waals surface area contributed by atoms with Gasteiger partial charge in [-0.25, -0.2) is 15.3 Å². The first-order valence-electron chi connectivity index (χ1n) is 13.1. The van der Waals surface area contributed by atoms with Crippen molar-refractivity contribution in [1.82, 2.24) is 10.8 Å². The largest absolute Gasteiger partial charge is 0.321 e. The molecule has 4 amide bonds. The minimum Gasteiger partial charge on any atom is -0.308 e. The van der Waals surface area contributed by atoms with Gasteiger partial charge in [0.1, 0.15) is 0 Å². The van der Waals surface area contributed by atoms with Crippen LogP contribution in [0.1, 0.15) is 47.2 Å². The van der Waals surface area contributed by atoms with Crippen LogP contribution >= 0.6 is 0 Å². The summed E-state index contributed by atoms with van der Waals surface area (Å²) < 4.78 is 0. The number of benzene rings is 3. The van der Waals surface area contributed by atoms with Gasteiger partial charge in [0.15, 0.2) is 5.78 Å². The third kappa shape index (κ3) is 5.76. The highest BCUT2D eigenvalue weighted by molar-refractivity contribution is 6.21. The Hall–Kier alpha value is -4.83. The van der Waals surface area contributed by atoms with Gasteiger partial charge in [-0.2, -0.15) is 0 Å². The first-order chi connectivity index (χ1) is 19.4. The zero-order valence-electron chi connectivity index (χ0n) is 21.7. The van der Waals surface area contributed by atoms with Gasteiger partial charge in [-0.05, 0) is 37.1 Å². The Labute approximate surface area is 231 Å². The number of fused-ring (bicyclic) bond motifs is 1. The Morgan fingerprint density at radius 2 is 1.65 bits per heavy atom. The lowest BCUT2D eigenvalue weighted by Gasteiger charge is -2.26. The van der Waals surface area contributed by atoms with Gasteiger partial charge in [0, 0.05) is 28.3 Å². The number of hydrogen-bond acceptors (Lipinski definition) is 6. The number of carbonyl (C=O) groups excluding carboxylic acids is 4. The van der Waals surface area contributed by atoms with Gasteiger partial charge < -0.3 is 15.5 Å². The molecule has 204 valence electrons. The van der Waals surface area contributed by atoms with Gasteiger partial charge in [0.2, 0.25) is 6.17 Å². The predicted octanol–water partition coefficient (Wildman–Crippen LogP) is 3.90. The number of aliphatic imine (C=N–C) groups is 1. The number of hydrogen-bond donors (Lipinski definition) is 4. The number of amides is 4. The van der Waals surface area contributed by atoms with E-state index in [9.17, 15) is 19.2 Å². The summed E-state index contributed by atoms with van der Waals surface area (Å²) in [4.78, 5) is 58.1. The van der Waals surface area contributed by atoms with Crippen molar-refractivity contribution in [2.45, 2.75) is 31.8 Å². The third-order valence-electron chi connectivity index (χ3n) is 7.13. The summed E-state index contributed by atoms with van der Waals surface area (Å²) in [5, 5.41) is 14.1. The molecule has 1 unspecified atom stereocenters. The van der Waals surface area contributed by atoms with Crippen LogP contribution in [0.25, 0.3) is 0 Å². The van der Waals surface area contributed by atoms with E-state index in [1.807, 2.05) is 42.5 Å². The average molecular weight is 540 g/mol. The highest BCUT2D eigenvalue weighted by Gasteiger charge is 2.35. The molecule has 0 spiro atoms. The van der Waals surface area contributed by atoms with E-state index in [0.29, 0.717) is 17.0 Å². The number of nitrogens with one attached hydrogen (secondary N) is 3. The van der Waals surface area contributed by atoms with Crippen LogP contribution in [-0.4, -0.2) is 47.3 Å². The molecule has 1 heterocycles. The molecule has 3 aromatic rings. The van der Waals surface area contributed by atoms with Gasteiger partial charge in [0.05, 0.1) is 17.9 Å². The van der Waals surface area contributed by atoms with Crippen molar-refractivity contribution in [2.75, 3.05) is 16.8 Å². The molecular formula is C30H29N5O5. The number of nitrogens with zero attached hydrogens (tertiary/aromatic N) is 2. The second kappa shape index (κ2) is 11.9. The normalized spacial score (nSPS) is 16.9. The summed E-state index contributed by atoms with van der Waals surface area (Å²) in [5.74, 6) is -1.37. The molecule has 2 aliphatic rings. The molecule has 0 bridgehead atoms. The fraction of sp³-hybridized carbons (Fsp3) is 0.233. The SMILES string of the molecule is O=C(Nc1cccc(C(=O)NO)c1)NC1N=C(c2ccccc2)c2ccccc2N(CC(=O)C2CCCC2)C1=O. The fourth-order valence-corrected chi connectivity index (χ4v) is 5.14. The van der Waals surface area contributed by atoms with Crippen LogP contribution in [0.3, 0.4) is 0 Å². The van der Waals surface area contributed by atoms with Crippen molar-refractivity contribution in [3.05, 3.63) is 95.6 Å². The first kappa shape index (κ1) is 26.8. The lowest BCUT2D eigenvalue weighted by Crippen LogP contribution is -2.50. The Bertz CT molecular complexity index is 1470. The molecule has 1 atom stereocenters. The molecule has 5 rings (SSSR count). The Balaban J connectivity index is 1.48. The second-order valence-electron chi connectivity index (χ2n) is 9.76. The summed E-state index contributed by atoms with van der Waals surface area (Å²) in [6, 6.07) is 21.8. The minimum absolute atomic E-state index is 0.00834. The van der Waals surface area contributed by atoms with Crippen LogP contribution in [-0.2, 0) is 9.59 Å². The minimum atomic E-state index is -1.33. The lowest BCUT2D eigenvalue weighted by atomic mass is 9.99. The van der Waals surface area contributed by atoms with Crippen LogP contribution in [0, 0.1) is 5.92 Å². The van der Waals surface area contributed by atoms with Gasteiger partial charge in [-0.15, -0.1) is 0 Å². The number of para-hydroxylation sites is 1. The quantitative estimate of drug-likeness (QED) is 0.266. The predicted molar refractivity (Wildman–Crippen MR) is 149 cm³/mol. The molecule has 10 nitrogen and oxygen atoms in total. The lowest BCUT2D eigenvalue weighted by molar-refractivity contribution is -0.125. The molecule has 1 saturated carbocycles. The number of benzodiazepines with no additional fused rings is 1. The monoisotopic (exact) mass is 539 g/mol. The Kier molecular flexibility index (Phi) is 7.97. The van der Waals surface area contributed by atoms with Gasteiger partial charge >= 0.3 is 6.03 Å². The van der Waals surface area contributed by atoms with Crippen molar-refractivity contribution in [1.29, 1.82) is 0 Å². The number of carbonyl (C=O) groups is 4. The van der Waals surface area contributed by atoms with Crippen LogP contribution < -0.4 is 21.0 Å². The van der Waals surface area contributed by atoms with E-state index in [2.05, 4.69) is 10.6 Å². The van der Waals surface area contributed by atoms with Crippen molar-refractivity contribution in [3.8, 4) is 0 Å². The van der Waals surface area contributed by atoms with Crippen LogP contribution in [0.2, 0.25) is 0 Å². The van der Waals surface area contributed by atoms with E-state index in [1.165, 1.54) is 23.1 Å². The Morgan fingerprint density at radius 1 is 0.925 bits per heavy atom. The second-order valence-corrected chi connectivity index (χ2v) is 9.76. The maximum Gasteiger partial charge on any atom is 0.321 e. The molecule has 1 aliphatic heterocycles. The summed E-state index contributed by atoms with van der Waals surface area (Å²) in [7, 11) is 0.